The fourth-order valence-corrected chi connectivity index (χ4v) is 4.00. The van der Waals surface area contributed by atoms with E-state index in [0.29, 0.717) is 18.6 Å². The van der Waals surface area contributed by atoms with E-state index in [2.05, 4.69) is 17.1 Å². The molecule has 104 valence electrons. The van der Waals surface area contributed by atoms with Crippen LogP contribution in [0.1, 0.15) is 19.8 Å². The first kappa shape index (κ1) is 14.2. The topological polar surface area (TPSA) is 41.6 Å². The molecule has 0 bridgehead atoms. The van der Waals surface area contributed by atoms with Gasteiger partial charge in [0.1, 0.15) is 0 Å². The van der Waals surface area contributed by atoms with Crippen molar-refractivity contribution in [3.8, 4) is 0 Å². The molecular formula is C13H24N2O2S. The summed E-state index contributed by atoms with van der Waals surface area (Å²) in [4.78, 5) is 14.7. The third-order valence-corrected chi connectivity index (χ3v) is 5.11. The highest BCUT2D eigenvalue weighted by atomic mass is 32.2. The van der Waals surface area contributed by atoms with Crippen molar-refractivity contribution in [1.82, 2.24) is 10.2 Å². The highest BCUT2D eigenvalue weighted by molar-refractivity contribution is 7.99. The number of amides is 1. The SMILES string of the molecule is COCCN(C(=O)C1NCCC1C)C1CCSC1. The van der Waals surface area contributed by atoms with E-state index in [4.69, 9.17) is 4.74 Å². The Morgan fingerprint density at radius 2 is 2.33 bits per heavy atom. The Morgan fingerprint density at radius 3 is 2.89 bits per heavy atom. The summed E-state index contributed by atoms with van der Waals surface area (Å²) < 4.78 is 5.15. The lowest BCUT2D eigenvalue weighted by Gasteiger charge is -2.32. The molecule has 1 N–H and O–H groups in total. The summed E-state index contributed by atoms with van der Waals surface area (Å²) in [6, 6.07) is 0.430. The van der Waals surface area contributed by atoms with Crippen LogP contribution in [0.3, 0.4) is 0 Å². The molecule has 2 rings (SSSR count). The Labute approximate surface area is 114 Å². The number of carbonyl (C=O) groups is 1. The molecule has 1 amide bonds. The largest absolute Gasteiger partial charge is 0.383 e. The summed E-state index contributed by atoms with van der Waals surface area (Å²) in [5.74, 6) is 2.99. The number of hydrogen-bond acceptors (Lipinski definition) is 4. The Bertz CT molecular complexity index is 282. The van der Waals surface area contributed by atoms with Crippen LogP contribution in [0.4, 0.5) is 0 Å². The monoisotopic (exact) mass is 272 g/mol. The van der Waals surface area contributed by atoms with Crippen molar-refractivity contribution in [3.05, 3.63) is 0 Å². The standard InChI is InChI=1S/C13H24N2O2S/c1-10-3-5-14-12(10)13(16)15(6-7-17-2)11-4-8-18-9-11/h10-12,14H,3-9H2,1-2H3. The summed E-state index contributed by atoms with van der Waals surface area (Å²) in [7, 11) is 1.70. The lowest BCUT2D eigenvalue weighted by atomic mass is 10.0. The van der Waals surface area contributed by atoms with Crippen LogP contribution in [-0.4, -0.2) is 61.2 Å². The maximum absolute atomic E-state index is 12.6. The predicted octanol–water partition coefficient (Wildman–Crippen LogP) is 0.965. The van der Waals surface area contributed by atoms with Gasteiger partial charge in [-0.25, -0.2) is 0 Å². The average molecular weight is 272 g/mol. The Kier molecular flexibility index (Phi) is 5.33. The molecule has 0 spiro atoms. The first-order valence-electron chi connectivity index (χ1n) is 6.84. The number of ether oxygens (including phenoxy) is 1. The normalized spacial score (nSPS) is 31.8. The number of methoxy groups -OCH3 is 1. The van der Waals surface area contributed by atoms with E-state index in [0.717, 1.165) is 31.7 Å². The van der Waals surface area contributed by atoms with Crippen LogP contribution in [0.2, 0.25) is 0 Å². The molecule has 2 fully saturated rings. The lowest BCUT2D eigenvalue weighted by molar-refractivity contribution is -0.136. The molecule has 0 aromatic heterocycles. The number of rotatable bonds is 5. The van der Waals surface area contributed by atoms with Gasteiger partial charge >= 0.3 is 0 Å². The zero-order valence-corrected chi connectivity index (χ0v) is 12.2. The number of nitrogens with one attached hydrogen (secondary N) is 1. The fraction of sp³-hybridized carbons (Fsp3) is 0.923. The summed E-state index contributed by atoms with van der Waals surface area (Å²) in [5, 5.41) is 3.35. The van der Waals surface area contributed by atoms with Crippen LogP contribution in [0.25, 0.3) is 0 Å². The van der Waals surface area contributed by atoms with Crippen LogP contribution < -0.4 is 5.32 Å². The molecule has 2 saturated heterocycles. The summed E-state index contributed by atoms with van der Waals surface area (Å²) in [5.41, 5.74) is 0. The van der Waals surface area contributed by atoms with Gasteiger partial charge in [-0.3, -0.25) is 4.79 Å². The van der Waals surface area contributed by atoms with Gasteiger partial charge in [0, 0.05) is 25.4 Å². The van der Waals surface area contributed by atoms with Crippen molar-refractivity contribution in [2.45, 2.75) is 31.8 Å². The summed E-state index contributed by atoms with van der Waals surface area (Å²) in [6.45, 7) is 4.50. The van der Waals surface area contributed by atoms with Crippen LogP contribution >= 0.6 is 11.8 Å². The Hall–Kier alpha value is -0.260. The third-order valence-electron chi connectivity index (χ3n) is 3.96. The molecule has 2 aliphatic heterocycles. The lowest BCUT2D eigenvalue weighted by Crippen LogP contribution is -2.51. The van der Waals surface area contributed by atoms with Gasteiger partial charge in [0.15, 0.2) is 0 Å². The van der Waals surface area contributed by atoms with Crippen LogP contribution in [0.15, 0.2) is 0 Å². The second kappa shape index (κ2) is 6.78. The molecule has 3 atom stereocenters. The van der Waals surface area contributed by atoms with E-state index < -0.39 is 0 Å². The molecule has 2 aliphatic rings. The second-order valence-electron chi connectivity index (χ2n) is 5.24. The van der Waals surface area contributed by atoms with Crippen LogP contribution in [-0.2, 0) is 9.53 Å². The molecule has 18 heavy (non-hydrogen) atoms. The van der Waals surface area contributed by atoms with E-state index in [9.17, 15) is 4.79 Å². The van der Waals surface area contributed by atoms with E-state index in [-0.39, 0.29) is 11.9 Å². The summed E-state index contributed by atoms with van der Waals surface area (Å²) >= 11 is 1.95. The van der Waals surface area contributed by atoms with E-state index in [1.54, 1.807) is 7.11 Å². The number of thioether (sulfide) groups is 1. The van der Waals surface area contributed by atoms with E-state index in [1.807, 2.05) is 11.8 Å². The van der Waals surface area contributed by atoms with Crippen molar-refractivity contribution in [1.29, 1.82) is 0 Å². The molecule has 0 aliphatic carbocycles. The quantitative estimate of drug-likeness (QED) is 0.809. The van der Waals surface area contributed by atoms with Gasteiger partial charge in [0.05, 0.1) is 12.6 Å². The molecule has 2 heterocycles. The number of hydrogen-bond donors (Lipinski definition) is 1. The third kappa shape index (κ3) is 3.19. The van der Waals surface area contributed by atoms with Crippen molar-refractivity contribution in [3.63, 3.8) is 0 Å². The molecule has 5 heteroatoms. The first-order valence-corrected chi connectivity index (χ1v) is 8.00. The van der Waals surface area contributed by atoms with Gasteiger partial charge < -0.3 is 15.0 Å². The van der Waals surface area contributed by atoms with Gasteiger partial charge in [-0.2, -0.15) is 11.8 Å². The van der Waals surface area contributed by atoms with Crippen molar-refractivity contribution < 1.29 is 9.53 Å². The minimum atomic E-state index is 0.0208. The van der Waals surface area contributed by atoms with Gasteiger partial charge in [-0.05, 0) is 31.1 Å². The smallest absolute Gasteiger partial charge is 0.240 e. The Morgan fingerprint density at radius 1 is 1.50 bits per heavy atom. The van der Waals surface area contributed by atoms with Gasteiger partial charge in [-0.1, -0.05) is 6.92 Å². The van der Waals surface area contributed by atoms with Gasteiger partial charge in [-0.15, -0.1) is 0 Å². The predicted molar refractivity (Wildman–Crippen MR) is 74.9 cm³/mol. The maximum atomic E-state index is 12.6. The van der Waals surface area contributed by atoms with Crippen molar-refractivity contribution >= 4 is 17.7 Å². The molecule has 0 aromatic rings. The van der Waals surface area contributed by atoms with E-state index in [1.165, 1.54) is 5.75 Å². The second-order valence-corrected chi connectivity index (χ2v) is 6.39. The first-order chi connectivity index (χ1) is 8.74. The maximum Gasteiger partial charge on any atom is 0.240 e. The summed E-state index contributed by atoms with van der Waals surface area (Å²) in [6.07, 6.45) is 2.23. The van der Waals surface area contributed by atoms with Crippen molar-refractivity contribution in [2.24, 2.45) is 5.92 Å². The zero-order chi connectivity index (χ0) is 13.0. The zero-order valence-electron chi connectivity index (χ0n) is 11.4. The fourth-order valence-electron chi connectivity index (χ4n) is 2.77. The number of nitrogens with zero attached hydrogens (tertiary/aromatic N) is 1. The van der Waals surface area contributed by atoms with Crippen molar-refractivity contribution in [2.75, 3.05) is 38.3 Å². The van der Waals surface area contributed by atoms with Crippen LogP contribution in [0.5, 0.6) is 0 Å². The molecule has 0 aromatic carbocycles. The molecule has 0 radical (unpaired) electrons. The molecular weight excluding hydrogens is 248 g/mol. The molecule has 0 saturated carbocycles. The van der Waals surface area contributed by atoms with Gasteiger partial charge in [0.25, 0.3) is 0 Å². The average Bonchev–Trinajstić information content (AvgIpc) is 3.00. The minimum absolute atomic E-state index is 0.0208. The minimum Gasteiger partial charge on any atom is -0.383 e. The van der Waals surface area contributed by atoms with Crippen LogP contribution in [0, 0.1) is 5.92 Å². The Balaban J connectivity index is 1.99. The molecule has 4 nitrogen and oxygen atoms in total. The van der Waals surface area contributed by atoms with E-state index >= 15 is 0 Å². The molecule has 3 unspecified atom stereocenters. The number of carbonyl (C=O) groups excluding carboxylic acids is 1. The van der Waals surface area contributed by atoms with Gasteiger partial charge in [0.2, 0.25) is 5.91 Å². The highest BCUT2D eigenvalue weighted by Gasteiger charge is 2.36. The highest BCUT2D eigenvalue weighted by Crippen LogP contribution is 2.25.